The van der Waals surface area contributed by atoms with E-state index in [9.17, 15) is 18.0 Å². The number of carbonyl (C=O) groups excluding carboxylic acids is 2. The lowest BCUT2D eigenvalue weighted by molar-refractivity contribution is -0.139. The monoisotopic (exact) mass is 583 g/mol. The second kappa shape index (κ2) is 14.3. The number of hydrogen-bond donors (Lipinski definition) is 1. The van der Waals surface area contributed by atoms with Crippen molar-refractivity contribution < 1.29 is 18.0 Å². The predicted molar refractivity (Wildman–Crippen MR) is 161 cm³/mol. The van der Waals surface area contributed by atoms with E-state index in [0.717, 1.165) is 21.9 Å². The molecule has 0 heterocycles. The second-order valence-corrected chi connectivity index (χ2v) is 12.1. The summed E-state index contributed by atoms with van der Waals surface area (Å²) in [7, 11) is -4.13. The molecule has 0 aromatic heterocycles. The molecule has 214 valence electrons. The van der Waals surface area contributed by atoms with Crippen LogP contribution in [0.4, 0.5) is 5.69 Å². The summed E-state index contributed by atoms with van der Waals surface area (Å²) in [6.07, 6.45) is 1.67. The molecule has 40 heavy (non-hydrogen) atoms. The van der Waals surface area contributed by atoms with Crippen LogP contribution in [0.1, 0.15) is 43.4 Å². The summed E-state index contributed by atoms with van der Waals surface area (Å²) in [6.45, 7) is 7.73. The fourth-order valence-corrected chi connectivity index (χ4v) is 6.22. The number of benzene rings is 3. The average Bonchev–Trinajstić information content (AvgIpc) is 2.93. The lowest BCUT2D eigenvalue weighted by Crippen LogP contribution is -2.53. The molecule has 0 aliphatic heterocycles. The van der Waals surface area contributed by atoms with Gasteiger partial charge in [-0.05, 0) is 74.6 Å². The number of nitrogens with one attached hydrogen (secondary N) is 1. The first-order chi connectivity index (χ1) is 19.1. The molecule has 3 aromatic rings. The highest BCUT2D eigenvalue weighted by Gasteiger charge is 2.33. The summed E-state index contributed by atoms with van der Waals surface area (Å²) < 4.78 is 29.1. The Morgan fingerprint density at radius 2 is 1.62 bits per heavy atom. The van der Waals surface area contributed by atoms with Gasteiger partial charge in [0.1, 0.15) is 12.6 Å². The number of aryl methyl sites for hydroxylation is 2. The van der Waals surface area contributed by atoms with Crippen LogP contribution in [0.15, 0.2) is 77.7 Å². The van der Waals surface area contributed by atoms with Crippen molar-refractivity contribution in [1.82, 2.24) is 10.2 Å². The summed E-state index contributed by atoms with van der Waals surface area (Å²) in [5, 5.41) is 3.36. The molecule has 0 aliphatic rings. The van der Waals surface area contributed by atoms with Gasteiger partial charge in [0.15, 0.2) is 0 Å². The fourth-order valence-electron chi connectivity index (χ4n) is 4.51. The maximum atomic E-state index is 14.1. The zero-order valence-corrected chi connectivity index (χ0v) is 25.1. The molecule has 1 N–H and O–H groups in total. The molecule has 0 spiro atoms. The Balaban J connectivity index is 2.03. The van der Waals surface area contributed by atoms with E-state index in [2.05, 4.69) is 5.32 Å². The van der Waals surface area contributed by atoms with E-state index in [-0.39, 0.29) is 17.3 Å². The molecule has 2 amide bonds. The van der Waals surface area contributed by atoms with Crippen molar-refractivity contribution in [3.05, 3.63) is 94.5 Å². The van der Waals surface area contributed by atoms with Crippen LogP contribution in [0.5, 0.6) is 0 Å². The molecule has 3 aromatic carbocycles. The topological polar surface area (TPSA) is 86.8 Å². The van der Waals surface area contributed by atoms with E-state index in [0.29, 0.717) is 35.7 Å². The Bertz CT molecular complexity index is 1400. The SMILES string of the molecule is CCCNC(=O)C(CC)N(CCc1ccccc1)C(=O)CN(c1ccc(Cl)cc1C)S(=O)(=O)c1ccc(C)cc1. The standard InChI is InChI=1S/C31H38ClN3O4S/c1-5-19-33-31(37)28(6-2)34(20-18-25-10-8-7-9-11-25)30(36)22-35(29-17-14-26(32)21-24(29)4)40(38,39)27-15-12-23(3)13-16-27/h7-17,21,28H,5-6,18-20,22H2,1-4H3,(H,33,37). The number of hydrogen-bond acceptors (Lipinski definition) is 4. The smallest absolute Gasteiger partial charge is 0.264 e. The molecule has 0 saturated heterocycles. The summed E-state index contributed by atoms with van der Waals surface area (Å²) in [4.78, 5) is 28.8. The third-order valence-electron chi connectivity index (χ3n) is 6.73. The van der Waals surface area contributed by atoms with Crippen molar-refractivity contribution in [2.45, 2.75) is 57.9 Å². The van der Waals surface area contributed by atoms with Gasteiger partial charge in [-0.1, -0.05) is 73.5 Å². The van der Waals surface area contributed by atoms with Crippen molar-refractivity contribution in [3.63, 3.8) is 0 Å². The lowest BCUT2D eigenvalue weighted by atomic mass is 10.1. The van der Waals surface area contributed by atoms with Crippen molar-refractivity contribution in [3.8, 4) is 0 Å². The third kappa shape index (κ3) is 7.86. The number of anilines is 1. The van der Waals surface area contributed by atoms with E-state index in [4.69, 9.17) is 11.6 Å². The first kappa shape index (κ1) is 31.2. The number of rotatable bonds is 13. The lowest BCUT2D eigenvalue weighted by Gasteiger charge is -2.33. The van der Waals surface area contributed by atoms with E-state index >= 15 is 0 Å². The van der Waals surface area contributed by atoms with Crippen LogP contribution < -0.4 is 9.62 Å². The maximum Gasteiger partial charge on any atom is 0.264 e. The van der Waals surface area contributed by atoms with E-state index in [1.54, 1.807) is 37.3 Å². The van der Waals surface area contributed by atoms with Crippen LogP contribution >= 0.6 is 11.6 Å². The number of sulfonamides is 1. The van der Waals surface area contributed by atoms with Crippen LogP contribution in [0.3, 0.4) is 0 Å². The van der Waals surface area contributed by atoms with Gasteiger partial charge in [0.05, 0.1) is 10.6 Å². The fraction of sp³-hybridized carbons (Fsp3) is 0.355. The molecule has 0 saturated carbocycles. The molecular formula is C31H38ClN3O4S. The number of nitrogens with zero attached hydrogens (tertiary/aromatic N) is 2. The Labute approximate surface area is 243 Å². The Hall–Kier alpha value is -3.36. The molecule has 7 nitrogen and oxygen atoms in total. The predicted octanol–water partition coefficient (Wildman–Crippen LogP) is 5.53. The Morgan fingerprint density at radius 3 is 2.23 bits per heavy atom. The second-order valence-electron chi connectivity index (χ2n) is 9.79. The van der Waals surface area contributed by atoms with E-state index in [1.165, 1.54) is 17.0 Å². The van der Waals surface area contributed by atoms with Gasteiger partial charge >= 0.3 is 0 Å². The van der Waals surface area contributed by atoms with Gasteiger partial charge in [-0.15, -0.1) is 0 Å². The van der Waals surface area contributed by atoms with Crippen molar-refractivity contribution in [1.29, 1.82) is 0 Å². The molecule has 1 unspecified atom stereocenters. The van der Waals surface area contributed by atoms with Crippen LogP contribution in [0.25, 0.3) is 0 Å². The Morgan fingerprint density at radius 1 is 0.950 bits per heavy atom. The number of halogens is 1. The summed E-state index contributed by atoms with van der Waals surface area (Å²) >= 11 is 6.18. The van der Waals surface area contributed by atoms with Gasteiger partial charge in [-0.25, -0.2) is 8.42 Å². The molecule has 0 fully saturated rings. The minimum atomic E-state index is -4.13. The molecular weight excluding hydrogens is 546 g/mol. The number of carbonyl (C=O) groups is 2. The van der Waals surface area contributed by atoms with Gasteiger partial charge in [0, 0.05) is 18.1 Å². The first-order valence-electron chi connectivity index (χ1n) is 13.5. The van der Waals surface area contributed by atoms with Crippen molar-refractivity contribution in [2.75, 3.05) is 23.9 Å². The van der Waals surface area contributed by atoms with Gasteiger partial charge < -0.3 is 10.2 Å². The number of amides is 2. The molecule has 0 radical (unpaired) electrons. The minimum absolute atomic E-state index is 0.0730. The highest BCUT2D eigenvalue weighted by atomic mass is 35.5. The van der Waals surface area contributed by atoms with E-state index < -0.39 is 28.5 Å². The van der Waals surface area contributed by atoms with Crippen molar-refractivity contribution in [2.24, 2.45) is 0 Å². The van der Waals surface area contributed by atoms with Gasteiger partial charge in [-0.2, -0.15) is 0 Å². The summed E-state index contributed by atoms with van der Waals surface area (Å²) in [5.74, 6) is -0.708. The van der Waals surface area contributed by atoms with Crippen LogP contribution in [0, 0.1) is 13.8 Å². The molecule has 0 aliphatic carbocycles. The zero-order chi connectivity index (χ0) is 29.3. The average molecular weight is 584 g/mol. The van der Waals surface area contributed by atoms with Gasteiger partial charge in [0.25, 0.3) is 10.0 Å². The summed E-state index contributed by atoms with van der Waals surface area (Å²) in [6, 6.07) is 20.3. The van der Waals surface area contributed by atoms with Crippen molar-refractivity contribution >= 4 is 39.1 Å². The van der Waals surface area contributed by atoms with Crippen LogP contribution in [-0.2, 0) is 26.0 Å². The van der Waals surface area contributed by atoms with Crippen LogP contribution in [-0.4, -0.2) is 50.8 Å². The Kier molecular flexibility index (Phi) is 11.2. The first-order valence-corrected chi connectivity index (χ1v) is 15.4. The quantitative estimate of drug-likeness (QED) is 0.287. The zero-order valence-electron chi connectivity index (χ0n) is 23.6. The molecule has 0 bridgehead atoms. The van der Waals surface area contributed by atoms with Crippen LogP contribution in [0.2, 0.25) is 5.02 Å². The highest BCUT2D eigenvalue weighted by Crippen LogP contribution is 2.29. The molecule has 9 heteroatoms. The highest BCUT2D eigenvalue weighted by molar-refractivity contribution is 7.92. The third-order valence-corrected chi connectivity index (χ3v) is 8.74. The van der Waals surface area contributed by atoms with Gasteiger partial charge in [-0.3, -0.25) is 13.9 Å². The van der Waals surface area contributed by atoms with E-state index in [1.807, 2.05) is 51.1 Å². The molecule has 3 rings (SSSR count). The normalized spacial score (nSPS) is 12.0. The largest absolute Gasteiger partial charge is 0.354 e. The van der Waals surface area contributed by atoms with Gasteiger partial charge in [0.2, 0.25) is 11.8 Å². The minimum Gasteiger partial charge on any atom is -0.354 e. The summed E-state index contributed by atoms with van der Waals surface area (Å²) in [5.41, 5.74) is 2.89. The maximum absolute atomic E-state index is 14.1. The molecule has 1 atom stereocenters.